The number of likely N-dealkylation sites (tertiary alicyclic amines) is 2. The second kappa shape index (κ2) is 5.56. The van der Waals surface area contributed by atoms with Crippen molar-refractivity contribution in [2.24, 2.45) is 5.41 Å². The van der Waals surface area contributed by atoms with Gasteiger partial charge in [-0.15, -0.1) is 5.10 Å². The van der Waals surface area contributed by atoms with Crippen molar-refractivity contribution >= 4 is 11.6 Å². The molecule has 0 atom stereocenters. The minimum atomic E-state index is 0.0976. The van der Waals surface area contributed by atoms with Crippen LogP contribution >= 0.6 is 0 Å². The number of aromatic nitrogens is 4. The predicted octanol–water partition coefficient (Wildman–Crippen LogP) is 1.07. The lowest BCUT2D eigenvalue weighted by molar-refractivity contribution is 0.0261. The first kappa shape index (κ1) is 14.6. The molecule has 0 radical (unpaired) electrons. The van der Waals surface area contributed by atoms with Crippen molar-refractivity contribution in [1.29, 1.82) is 0 Å². The summed E-state index contributed by atoms with van der Waals surface area (Å²) < 4.78 is 1.56. The fourth-order valence-electron chi connectivity index (χ4n) is 3.93. The highest BCUT2D eigenvalue weighted by Crippen LogP contribution is 2.39. The molecule has 2 aromatic rings. The van der Waals surface area contributed by atoms with Gasteiger partial charge in [0.05, 0.1) is 5.56 Å². The van der Waals surface area contributed by atoms with Gasteiger partial charge in [0.2, 0.25) is 0 Å². The standard InChI is InChI=1S/C16H22N6O/c1-20-9-6-16(7-10-20)5-2-8-21(12-16)15(23)13-3-4-14-17-18-19-22(14)11-13/h3-4,11H,2,5-10,12H2,1H3. The highest BCUT2D eigenvalue weighted by Gasteiger charge is 2.39. The summed E-state index contributed by atoms with van der Waals surface area (Å²) in [6.07, 6.45) is 6.46. The molecule has 1 spiro atoms. The summed E-state index contributed by atoms with van der Waals surface area (Å²) in [6, 6.07) is 3.62. The molecule has 0 aromatic carbocycles. The van der Waals surface area contributed by atoms with Gasteiger partial charge in [-0.1, -0.05) is 0 Å². The summed E-state index contributed by atoms with van der Waals surface area (Å²) >= 11 is 0. The minimum Gasteiger partial charge on any atom is -0.338 e. The third kappa shape index (κ3) is 2.69. The molecule has 2 saturated heterocycles. The Morgan fingerprint density at radius 1 is 1.17 bits per heavy atom. The molecule has 0 N–H and O–H groups in total. The lowest BCUT2D eigenvalue weighted by Gasteiger charge is -2.47. The summed E-state index contributed by atoms with van der Waals surface area (Å²) in [5, 5.41) is 11.4. The van der Waals surface area contributed by atoms with Crippen molar-refractivity contribution in [3.8, 4) is 0 Å². The smallest absolute Gasteiger partial charge is 0.255 e. The first-order valence-corrected chi connectivity index (χ1v) is 8.31. The highest BCUT2D eigenvalue weighted by atomic mass is 16.2. The zero-order valence-electron chi connectivity index (χ0n) is 13.5. The summed E-state index contributed by atoms with van der Waals surface area (Å²) in [7, 11) is 2.18. The molecule has 2 fully saturated rings. The van der Waals surface area contributed by atoms with Crippen LogP contribution in [0.3, 0.4) is 0 Å². The molecular formula is C16H22N6O. The van der Waals surface area contributed by atoms with Crippen LogP contribution in [0.15, 0.2) is 18.3 Å². The summed E-state index contributed by atoms with van der Waals surface area (Å²) in [6.45, 7) is 4.01. The number of fused-ring (bicyclic) bond motifs is 1. The Labute approximate surface area is 135 Å². The van der Waals surface area contributed by atoms with E-state index in [2.05, 4.69) is 27.5 Å². The van der Waals surface area contributed by atoms with Gasteiger partial charge in [0, 0.05) is 19.3 Å². The number of tetrazole rings is 1. The molecule has 2 aliphatic heterocycles. The van der Waals surface area contributed by atoms with Crippen molar-refractivity contribution in [2.45, 2.75) is 25.7 Å². The Balaban J connectivity index is 1.53. The summed E-state index contributed by atoms with van der Waals surface area (Å²) in [5.74, 6) is 0.0976. The Morgan fingerprint density at radius 3 is 2.83 bits per heavy atom. The van der Waals surface area contributed by atoms with E-state index in [1.54, 1.807) is 16.8 Å². The number of hydrogen-bond acceptors (Lipinski definition) is 5. The van der Waals surface area contributed by atoms with Gasteiger partial charge in [-0.05, 0) is 73.8 Å². The Hall–Kier alpha value is -2.02. The van der Waals surface area contributed by atoms with Crippen molar-refractivity contribution < 1.29 is 4.79 Å². The quantitative estimate of drug-likeness (QED) is 0.788. The van der Waals surface area contributed by atoms with Gasteiger partial charge >= 0.3 is 0 Å². The number of piperidine rings is 2. The molecule has 4 heterocycles. The molecule has 4 rings (SSSR count). The molecule has 2 aliphatic rings. The van der Waals surface area contributed by atoms with Crippen LogP contribution in [-0.4, -0.2) is 69.0 Å². The molecule has 0 saturated carbocycles. The SMILES string of the molecule is CN1CCC2(CCCN(C(=O)c3ccc4nnnn4c3)C2)CC1. The number of nitrogens with zero attached hydrogens (tertiary/aromatic N) is 6. The van der Waals surface area contributed by atoms with Crippen LogP contribution in [0.4, 0.5) is 0 Å². The van der Waals surface area contributed by atoms with E-state index in [-0.39, 0.29) is 5.91 Å². The van der Waals surface area contributed by atoms with E-state index in [0.29, 0.717) is 16.6 Å². The molecule has 7 heteroatoms. The number of amides is 1. The van der Waals surface area contributed by atoms with E-state index in [4.69, 9.17) is 0 Å². The van der Waals surface area contributed by atoms with Crippen LogP contribution in [0.5, 0.6) is 0 Å². The molecule has 2 aromatic heterocycles. The van der Waals surface area contributed by atoms with Crippen LogP contribution in [0, 0.1) is 5.41 Å². The second-order valence-electron chi connectivity index (χ2n) is 7.03. The largest absolute Gasteiger partial charge is 0.338 e. The summed E-state index contributed by atoms with van der Waals surface area (Å²) in [5.41, 5.74) is 1.64. The number of carbonyl (C=O) groups is 1. The number of pyridine rings is 1. The van der Waals surface area contributed by atoms with Crippen molar-refractivity contribution in [3.63, 3.8) is 0 Å². The van der Waals surface area contributed by atoms with Gasteiger partial charge in [0.1, 0.15) is 0 Å². The molecule has 0 unspecified atom stereocenters. The minimum absolute atomic E-state index is 0.0976. The van der Waals surface area contributed by atoms with Gasteiger partial charge in [0.15, 0.2) is 5.65 Å². The van der Waals surface area contributed by atoms with Crippen molar-refractivity contribution in [3.05, 3.63) is 23.9 Å². The predicted molar refractivity (Wildman–Crippen MR) is 85.1 cm³/mol. The fraction of sp³-hybridized carbons (Fsp3) is 0.625. The number of carbonyl (C=O) groups excluding carboxylic acids is 1. The maximum Gasteiger partial charge on any atom is 0.255 e. The molecule has 1 amide bonds. The molecule has 0 aliphatic carbocycles. The normalized spacial score (nSPS) is 21.9. The van der Waals surface area contributed by atoms with E-state index < -0.39 is 0 Å². The van der Waals surface area contributed by atoms with E-state index >= 15 is 0 Å². The average Bonchev–Trinajstić information content (AvgIpc) is 3.05. The van der Waals surface area contributed by atoms with Gasteiger partial charge in [-0.25, -0.2) is 0 Å². The van der Waals surface area contributed by atoms with Crippen molar-refractivity contribution in [1.82, 2.24) is 29.8 Å². The Kier molecular flexibility index (Phi) is 3.52. The lowest BCUT2D eigenvalue weighted by atomic mass is 9.72. The highest BCUT2D eigenvalue weighted by molar-refractivity contribution is 5.94. The first-order chi connectivity index (χ1) is 11.2. The third-order valence-electron chi connectivity index (χ3n) is 5.43. The van der Waals surface area contributed by atoms with E-state index in [9.17, 15) is 4.79 Å². The lowest BCUT2D eigenvalue weighted by Crippen LogP contribution is -2.50. The van der Waals surface area contributed by atoms with Gasteiger partial charge in [-0.3, -0.25) is 4.79 Å². The monoisotopic (exact) mass is 314 g/mol. The van der Waals surface area contributed by atoms with Crippen LogP contribution in [-0.2, 0) is 0 Å². The fourth-order valence-corrected chi connectivity index (χ4v) is 3.93. The van der Waals surface area contributed by atoms with E-state index in [1.807, 2.05) is 11.0 Å². The van der Waals surface area contributed by atoms with Gasteiger partial charge in [-0.2, -0.15) is 4.52 Å². The van der Waals surface area contributed by atoms with Crippen LogP contribution in [0.2, 0.25) is 0 Å². The number of rotatable bonds is 1. The number of hydrogen-bond donors (Lipinski definition) is 0. The zero-order valence-corrected chi connectivity index (χ0v) is 13.5. The molecule has 122 valence electrons. The Morgan fingerprint density at radius 2 is 2.00 bits per heavy atom. The zero-order chi connectivity index (χ0) is 15.9. The van der Waals surface area contributed by atoms with Crippen molar-refractivity contribution in [2.75, 3.05) is 33.2 Å². The van der Waals surface area contributed by atoms with Gasteiger partial charge < -0.3 is 9.80 Å². The second-order valence-corrected chi connectivity index (χ2v) is 7.03. The van der Waals surface area contributed by atoms with Gasteiger partial charge in [0.25, 0.3) is 5.91 Å². The maximum atomic E-state index is 12.9. The van der Waals surface area contributed by atoms with Crippen LogP contribution in [0.1, 0.15) is 36.0 Å². The maximum absolute atomic E-state index is 12.9. The van der Waals surface area contributed by atoms with Crippen LogP contribution in [0.25, 0.3) is 5.65 Å². The molecule has 0 bridgehead atoms. The van der Waals surface area contributed by atoms with E-state index in [0.717, 1.165) is 32.6 Å². The Bertz CT molecular complexity index is 718. The first-order valence-electron chi connectivity index (χ1n) is 8.31. The summed E-state index contributed by atoms with van der Waals surface area (Å²) in [4.78, 5) is 17.3. The molecular weight excluding hydrogens is 292 g/mol. The molecule has 7 nitrogen and oxygen atoms in total. The molecule has 23 heavy (non-hydrogen) atoms. The average molecular weight is 314 g/mol. The topological polar surface area (TPSA) is 66.6 Å². The van der Waals surface area contributed by atoms with E-state index in [1.165, 1.54) is 19.3 Å². The third-order valence-corrected chi connectivity index (χ3v) is 5.43. The van der Waals surface area contributed by atoms with Crippen LogP contribution < -0.4 is 0 Å².